The molecule has 1 N–H and O–H groups in total. The van der Waals surface area contributed by atoms with E-state index in [1.165, 1.54) is 16.4 Å². The molecular weight excluding hydrogens is 146 g/mol. The van der Waals surface area contributed by atoms with Gasteiger partial charge in [-0.1, -0.05) is 11.4 Å². The Balaban J connectivity index is 2.50. The summed E-state index contributed by atoms with van der Waals surface area (Å²) in [7, 11) is 0. The molecule has 56 valence electrons. The van der Waals surface area contributed by atoms with Crippen molar-refractivity contribution < 1.29 is 0 Å². The topological polar surface area (TPSA) is 37.8 Å². The fourth-order valence-corrected chi connectivity index (χ4v) is 1.30. The third kappa shape index (κ3) is 1.75. The van der Waals surface area contributed by atoms with Gasteiger partial charge in [-0.3, -0.25) is 0 Å². The van der Waals surface area contributed by atoms with E-state index in [-0.39, 0.29) is 0 Å². The van der Waals surface area contributed by atoms with Crippen LogP contribution in [-0.2, 0) is 0 Å². The minimum Gasteiger partial charge on any atom is -0.310 e. The maximum absolute atomic E-state index is 3.78. The standard InChI is InChI=1S/C6H11N3S/c1-3-7-5(2)6-4-8-9-10-6/h4-5,7H,3H2,1-2H3. The average Bonchev–Trinajstić information content (AvgIpc) is 2.38. The van der Waals surface area contributed by atoms with Crippen LogP contribution >= 0.6 is 11.5 Å². The van der Waals surface area contributed by atoms with Gasteiger partial charge in [0.05, 0.1) is 11.1 Å². The zero-order valence-electron chi connectivity index (χ0n) is 6.16. The normalized spacial score (nSPS) is 13.4. The van der Waals surface area contributed by atoms with Crippen LogP contribution in [0.2, 0.25) is 0 Å². The van der Waals surface area contributed by atoms with E-state index >= 15 is 0 Å². The summed E-state index contributed by atoms with van der Waals surface area (Å²) in [5, 5.41) is 7.03. The van der Waals surface area contributed by atoms with E-state index < -0.39 is 0 Å². The van der Waals surface area contributed by atoms with Crippen molar-refractivity contribution in [1.82, 2.24) is 14.9 Å². The molecule has 0 saturated carbocycles. The first-order valence-corrected chi connectivity index (χ1v) is 4.12. The molecule has 1 atom stereocenters. The lowest BCUT2D eigenvalue weighted by molar-refractivity contribution is 0.606. The average molecular weight is 157 g/mol. The molecule has 0 amide bonds. The van der Waals surface area contributed by atoms with Gasteiger partial charge in [0.25, 0.3) is 0 Å². The molecule has 10 heavy (non-hydrogen) atoms. The van der Waals surface area contributed by atoms with Crippen molar-refractivity contribution in [2.45, 2.75) is 19.9 Å². The molecule has 3 nitrogen and oxygen atoms in total. The molecule has 1 unspecified atom stereocenters. The molecule has 1 aromatic heterocycles. The van der Waals surface area contributed by atoms with E-state index in [9.17, 15) is 0 Å². The molecule has 0 aliphatic heterocycles. The Morgan fingerprint density at radius 3 is 3.10 bits per heavy atom. The van der Waals surface area contributed by atoms with Crippen LogP contribution in [0.15, 0.2) is 6.20 Å². The minimum atomic E-state index is 0.394. The van der Waals surface area contributed by atoms with E-state index in [0.29, 0.717) is 6.04 Å². The van der Waals surface area contributed by atoms with Crippen LogP contribution in [-0.4, -0.2) is 16.1 Å². The monoisotopic (exact) mass is 157 g/mol. The highest BCUT2D eigenvalue weighted by atomic mass is 32.1. The van der Waals surface area contributed by atoms with Crippen molar-refractivity contribution in [3.05, 3.63) is 11.1 Å². The number of hydrogen-bond donors (Lipinski definition) is 1. The van der Waals surface area contributed by atoms with Crippen molar-refractivity contribution in [2.24, 2.45) is 0 Å². The van der Waals surface area contributed by atoms with Crippen LogP contribution in [0.3, 0.4) is 0 Å². The van der Waals surface area contributed by atoms with Crippen molar-refractivity contribution >= 4 is 11.5 Å². The van der Waals surface area contributed by atoms with Crippen LogP contribution in [0.4, 0.5) is 0 Å². The van der Waals surface area contributed by atoms with Gasteiger partial charge in [0.1, 0.15) is 0 Å². The van der Waals surface area contributed by atoms with E-state index in [2.05, 4.69) is 28.8 Å². The Hall–Kier alpha value is -0.480. The molecule has 1 heterocycles. The van der Waals surface area contributed by atoms with Crippen LogP contribution in [0, 0.1) is 0 Å². The summed E-state index contributed by atoms with van der Waals surface area (Å²) in [6, 6.07) is 0.394. The van der Waals surface area contributed by atoms with E-state index in [0.717, 1.165) is 6.54 Å². The summed E-state index contributed by atoms with van der Waals surface area (Å²) in [5.74, 6) is 0. The molecule has 0 radical (unpaired) electrons. The van der Waals surface area contributed by atoms with Crippen molar-refractivity contribution in [3.8, 4) is 0 Å². The van der Waals surface area contributed by atoms with E-state index in [4.69, 9.17) is 0 Å². The summed E-state index contributed by atoms with van der Waals surface area (Å²) in [4.78, 5) is 1.20. The third-order valence-electron chi connectivity index (χ3n) is 1.32. The largest absolute Gasteiger partial charge is 0.310 e. The van der Waals surface area contributed by atoms with Gasteiger partial charge in [0.15, 0.2) is 0 Å². The number of hydrogen-bond acceptors (Lipinski definition) is 4. The molecule has 0 spiro atoms. The third-order valence-corrected chi connectivity index (χ3v) is 2.16. The summed E-state index contributed by atoms with van der Waals surface area (Å²) < 4.78 is 3.78. The number of nitrogens with zero attached hydrogens (tertiary/aromatic N) is 2. The SMILES string of the molecule is CCNC(C)c1cnns1. The summed E-state index contributed by atoms with van der Waals surface area (Å²) in [5.41, 5.74) is 0. The Morgan fingerprint density at radius 1 is 1.80 bits per heavy atom. The first-order chi connectivity index (χ1) is 4.84. The second kappa shape index (κ2) is 3.63. The van der Waals surface area contributed by atoms with E-state index in [1.807, 2.05) is 0 Å². The fourth-order valence-electron chi connectivity index (χ4n) is 0.772. The maximum Gasteiger partial charge on any atom is 0.0669 e. The van der Waals surface area contributed by atoms with Crippen molar-refractivity contribution in [1.29, 1.82) is 0 Å². The molecule has 0 aromatic carbocycles. The Kier molecular flexibility index (Phi) is 2.77. The molecule has 1 rings (SSSR count). The van der Waals surface area contributed by atoms with Crippen LogP contribution < -0.4 is 5.32 Å². The van der Waals surface area contributed by atoms with Crippen LogP contribution in [0.5, 0.6) is 0 Å². The van der Waals surface area contributed by atoms with E-state index in [1.54, 1.807) is 6.20 Å². The molecule has 1 aromatic rings. The van der Waals surface area contributed by atoms with Gasteiger partial charge in [-0.2, -0.15) is 0 Å². The molecule has 0 fully saturated rings. The zero-order chi connectivity index (χ0) is 7.40. The van der Waals surface area contributed by atoms with Gasteiger partial charge >= 0.3 is 0 Å². The molecule has 0 bridgehead atoms. The predicted octanol–water partition coefficient (Wildman–Crippen LogP) is 1.21. The van der Waals surface area contributed by atoms with Crippen LogP contribution in [0.1, 0.15) is 24.8 Å². The molecule has 4 heteroatoms. The second-order valence-electron chi connectivity index (χ2n) is 2.10. The summed E-state index contributed by atoms with van der Waals surface area (Å²) in [6.45, 7) is 5.18. The number of rotatable bonds is 3. The highest BCUT2D eigenvalue weighted by Gasteiger charge is 2.04. The molecular formula is C6H11N3S. The van der Waals surface area contributed by atoms with Gasteiger partial charge in [-0.25, -0.2) is 0 Å². The quantitative estimate of drug-likeness (QED) is 0.716. The molecule has 0 aliphatic rings. The first-order valence-electron chi connectivity index (χ1n) is 3.35. The Labute approximate surface area is 64.6 Å². The zero-order valence-corrected chi connectivity index (χ0v) is 6.98. The van der Waals surface area contributed by atoms with Crippen molar-refractivity contribution in [3.63, 3.8) is 0 Å². The van der Waals surface area contributed by atoms with Gasteiger partial charge in [0, 0.05) is 6.04 Å². The van der Waals surface area contributed by atoms with Crippen LogP contribution in [0.25, 0.3) is 0 Å². The fraction of sp³-hybridized carbons (Fsp3) is 0.667. The highest BCUT2D eigenvalue weighted by molar-refractivity contribution is 7.05. The first kappa shape index (κ1) is 7.63. The molecule has 0 saturated heterocycles. The highest BCUT2D eigenvalue weighted by Crippen LogP contribution is 2.12. The molecule has 0 aliphatic carbocycles. The second-order valence-corrected chi connectivity index (χ2v) is 2.92. The summed E-state index contributed by atoms with van der Waals surface area (Å²) in [6.07, 6.45) is 1.80. The van der Waals surface area contributed by atoms with Gasteiger partial charge in [-0.05, 0) is 25.0 Å². The Bertz CT molecular complexity index is 173. The number of aromatic nitrogens is 2. The Morgan fingerprint density at radius 2 is 2.60 bits per heavy atom. The van der Waals surface area contributed by atoms with Gasteiger partial charge < -0.3 is 5.32 Å². The van der Waals surface area contributed by atoms with Gasteiger partial charge in [-0.15, -0.1) is 5.10 Å². The lowest BCUT2D eigenvalue weighted by Crippen LogP contribution is -2.16. The lowest BCUT2D eigenvalue weighted by atomic mass is 10.3. The lowest BCUT2D eigenvalue weighted by Gasteiger charge is -2.06. The maximum atomic E-state index is 3.78. The summed E-state index contributed by atoms with van der Waals surface area (Å²) >= 11 is 1.45. The minimum absolute atomic E-state index is 0.394. The van der Waals surface area contributed by atoms with Crippen molar-refractivity contribution in [2.75, 3.05) is 6.54 Å². The number of nitrogens with one attached hydrogen (secondary N) is 1. The van der Waals surface area contributed by atoms with Gasteiger partial charge in [0.2, 0.25) is 0 Å². The smallest absolute Gasteiger partial charge is 0.0669 e. The predicted molar refractivity (Wildman–Crippen MR) is 42.0 cm³/mol.